The lowest BCUT2D eigenvalue weighted by Gasteiger charge is -2.18. The second kappa shape index (κ2) is 7.86. The molecule has 0 aliphatic carbocycles. The van der Waals surface area contributed by atoms with Gasteiger partial charge in [0, 0.05) is 19.3 Å². The standard InChI is InChI=1S/C14H21FN2O2/c1-10(11-6-3-4-7-12(11)15)17-14(18)13(16)8-5-9-19-2/h3-4,6-7,10,13H,5,8-9,16H2,1-2H3,(H,17,18). The first kappa shape index (κ1) is 15.6. The zero-order chi connectivity index (χ0) is 14.3. The number of carbonyl (C=O) groups excluding carboxylic acids is 1. The number of hydrogen-bond acceptors (Lipinski definition) is 3. The summed E-state index contributed by atoms with van der Waals surface area (Å²) in [5.74, 6) is -0.602. The van der Waals surface area contributed by atoms with E-state index in [4.69, 9.17) is 10.5 Å². The van der Waals surface area contributed by atoms with Gasteiger partial charge in [0.15, 0.2) is 0 Å². The summed E-state index contributed by atoms with van der Waals surface area (Å²) < 4.78 is 18.4. The smallest absolute Gasteiger partial charge is 0.237 e. The van der Waals surface area contributed by atoms with Gasteiger partial charge in [0.2, 0.25) is 5.91 Å². The van der Waals surface area contributed by atoms with Crippen LogP contribution in [0.5, 0.6) is 0 Å². The van der Waals surface area contributed by atoms with Crippen LogP contribution in [0, 0.1) is 5.82 Å². The van der Waals surface area contributed by atoms with E-state index in [0.29, 0.717) is 18.6 Å². The van der Waals surface area contributed by atoms with E-state index in [9.17, 15) is 9.18 Å². The summed E-state index contributed by atoms with van der Waals surface area (Å²) in [6.45, 7) is 2.31. The Bertz CT molecular complexity index is 412. The molecule has 1 aromatic carbocycles. The number of ether oxygens (including phenoxy) is 1. The minimum Gasteiger partial charge on any atom is -0.385 e. The van der Waals surface area contributed by atoms with Crippen molar-refractivity contribution in [3.63, 3.8) is 0 Å². The Morgan fingerprint density at radius 1 is 1.47 bits per heavy atom. The van der Waals surface area contributed by atoms with Gasteiger partial charge >= 0.3 is 0 Å². The summed E-state index contributed by atoms with van der Waals surface area (Å²) in [7, 11) is 1.60. The van der Waals surface area contributed by atoms with Crippen molar-refractivity contribution in [1.82, 2.24) is 5.32 Å². The van der Waals surface area contributed by atoms with Crippen molar-refractivity contribution in [3.05, 3.63) is 35.6 Å². The Hall–Kier alpha value is -1.46. The first-order chi connectivity index (χ1) is 9.06. The Kier molecular flexibility index (Phi) is 6.45. The maximum atomic E-state index is 13.5. The van der Waals surface area contributed by atoms with Crippen LogP contribution in [-0.2, 0) is 9.53 Å². The van der Waals surface area contributed by atoms with Crippen LogP contribution in [0.2, 0.25) is 0 Å². The van der Waals surface area contributed by atoms with E-state index >= 15 is 0 Å². The Balaban J connectivity index is 2.50. The molecule has 0 saturated carbocycles. The first-order valence-electron chi connectivity index (χ1n) is 6.35. The molecule has 0 spiro atoms. The minimum absolute atomic E-state index is 0.271. The van der Waals surface area contributed by atoms with E-state index in [1.54, 1.807) is 32.2 Å². The highest BCUT2D eigenvalue weighted by Crippen LogP contribution is 2.16. The molecular weight excluding hydrogens is 247 g/mol. The normalized spacial score (nSPS) is 13.9. The number of nitrogens with two attached hydrogens (primary N) is 1. The summed E-state index contributed by atoms with van der Waals surface area (Å²) in [6.07, 6.45) is 1.27. The van der Waals surface area contributed by atoms with Gasteiger partial charge in [-0.25, -0.2) is 4.39 Å². The molecule has 1 amide bonds. The highest BCUT2D eigenvalue weighted by atomic mass is 19.1. The van der Waals surface area contributed by atoms with Crippen molar-refractivity contribution in [2.24, 2.45) is 5.73 Å². The van der Waals surface area contributed by atoms with Crippen LogP contribution in [0.15, 0.2) is 24.3 Å². The van der Waals surface area contributed by atoms with E-state index in [0.717, 1.165) is 6.42 Å². The largest absolute Gasteiger partial charge is 0.385 e. The molecule has 0 saturated heterocycles. The van der Waals surface area contributed by atoms with Gasteiger partial charge in [-0.3, -0.25) is 4.79 Å². The Morgan fingerprint density at radius 2 is 2.16 bits per heavy atom. The number of nitrogens with one attached hydrogen (secondary N) is 1. The fourth-order valence-electron chi connectivity index (χ4n) is 1.80. The molecule has 1 rings (SSSR count). The van der Waals surface area contributed by atoms with Crippen LogP contribution in [0.3, 0.4) is 0 Å². The predicted molar refractivity (Wildman–Crippen MR) is 72.0 cm³/mol. The second-order valence-corrected chi connectivity index (χ2v) is 4.49. The molecule has 1 aromatic rings. The maximum Gasteiger partial charge on any atom is 0.237 e. The van der Waals surface area contributed by atoms with Gasteiger partial charge in [0.05, 0.1) is 12.1 Å². The molecule has 0 heterocycles. The molecule has 0 aliphatic heterocycles. The van der Waals surface area contributed by atoms with Gasteiger partial charge in [-0.1, -0.05) is 18.2 Å². The fraction of sp³-hybridized carbons (Fsp3) is 0.500. The van der Waals surface area contributed by atoms with Gasteiger partial charge in [-0.15, -0.1) is 0 Å². The van der Waals surface area contributed by atoms with Crippen LogP contribution < -0.4 is 11.1 Å². The van der Waals surface area contributed by atoms with Gasteiger partial charge in [0.1, 0.15) is 5.82 Å². The molecular formula is C14H21FN2O2. The lowest BCUT2D eigenvalue weighted by atomic mass is 10.1. The zero-order valence-corrected chi connectivity index (χ0v) is 11.4. The van der Waals surface area contributed by atoms with Crippen LogP contribution in [0.25, 0.3) is 0 Å². The van der Waals surface area contributed by atoms with Crippen LogP contribution in [-0.4, -0.2) is 25.7 Å². The molecule has 3 N–H and O–H groups in total. The molecule has 0 aliphatic rings. The van der Waals surface area contributed by atoms with Crippen LogP contribution in [0.1, 0.15) is 31.4 Å². The van der Waals surface area contributed by atoms with Crippen LogP contribution >= 0.6 is 0 Å². The molecule has 0 fully saturated rings. The fourth-order valence-corrected chi connectivity index (χ4v) is 1.80. The summed E-state index contributed by atoms with van der Waals surface area (Å²) >= 11 is 0. The number of hydrogen-bond donors (Lipinski definition) is 2. The Morgan fingerprint density at radius 3 is 2.79 bits per heavy atom. The lowest BCUT2D eigenvalue weighted by molar-refractivity contribution is -0.123. The van der Waals surface area contributed by atoms with Gasteiger partial charge in [-0.2, -0.15) is 0 Å². The summed E-state index contributed by atoms with van der Waals surface area (Å²) in [4.78, 5) is 11.8. The third kappa shape index (κ3) is 4.96. The van der Waals surface area contributed by atoms with E-state index in [-0.39, 0.29) is 11.7 Å². The molecule has 0 radical (unpaired) electrons. The molecule has 0 aromatic heterocycles. The first-order valence-corrected chi connectivity index (χ1v) is 6.35. The monoisotopic (exact) mass is 268 g/mol. The molecule has 0 bridgehead atoms. The maximum absolute atomic E-state index is 13.5. The number of amides is 1. The van der Waals surface area contributed by atoms with Crippen molar-refractivity contribution < 1.29 is 13.9 Å². The number of methoxy groups -OCH3 is 1. The quantitative estimate of drug-likeness (QED) is 0.741. The molecule has 19 heavy (non-hydrogen) atoms. The highest BCUT2D eigenvalue weighted by Gasteiger charge is 2.17. The van der Waals surface area contributed by atoms with E-state index in [1.807, 2.05) is 0 Å². The van der Waals surface area contributed by atoms with Crippen molar-refractivity contribution in [2.45, 2.75) is 31.8 Å². The summed E-state index contributed by atoms with van der Waals surface area (Å²) in [5, 5.41) is 2.72. The predicted octanol–water partition coefficient (Wildman–Crippen LogP) is 1.76. The lowest BCUT2D eigenvalue weighted by Crippen LogP contribution is -2.41. The van der Waals surface area contributed by atoms with Gasteiger partial charge < -0.3 is 15.8 Å². The zero-order valence-electron chi connectivity index (χ0n) is 11.4. The van der Waals surface area contributed by atoms with Crippen molar-refractivity contribution in [2.75, 3.05) is 13.7 Å². The van der Waals surface area contributed by atoms with E-state index < -0.39 is 12.1 Å². The second-order valence-electron chi connectivity index (χ2n) is 4.49. The SMILES string of the molecule is COCCCC(N)C(=O)NC(C)c1ccccc1F. The highest BCUT2D eigenvalue weighted by molar-refractivity contribution is 5.81. The van der Waals surface area contributed by atoms with E-state index in [2.05, 4.69) is 5.32 Å². The summed E-state index contributed by atoms with van der Waals surface area (Å²) in [6, 6.07) is 5.38. The minimum atomic E-state index is -0.593. The van der Waals surface area contributed by atoms with Gasteiger partial charge in [-0.05, 0) is 25.8 Å². The third-order valence-corrected chi connectivity index (χ3v) is 2.93. The van der Waals surface area contributed by atoms with Crippen LogP contribution in [0.4, 0.5) is 4.39 Å². The Labute approximate surface area is 113 Å². The summed E-state index contributed by atoms with van der Waals surface area (Å²) in [5.41, 5.74) is 6.22. The number of halogens is 1. The molecule has 2 atom stereocenters. The molecule has 106 valence electrons. The number of benzene rings is 1. The van der Waals surface area contributed by atoms with Crippen molar-refractivity contribution in [1.29, 1.82) is 0 Å². The van der Waals surface area contributed by atoms with Crippen molar-refractivity contribution >= 4 is 5.91 Å². The number of rotatable bonds is 7. The third-order valence-electron chi connectivity index (χ3n) is 2.93. The molecule has 5 heteroatoms. The molecule has 2 unspecified atom stereocenters. The molecule has 4 nitrogen and oxygen atoms in total. The average Bonchev–Trinajstić information content (AvgIpc) is 2.39. The van der Waals surface area contributed by atoms with Crippen molar-refractivity contribution in [3.8, 4) is 0 Å². The van der Waals surface area contributed by atoms with Gasteiger partial charge in [0.25, 0.3) is 0 Å². The number of carbonyl (C=O) groups is 1. The topological polar surface area (TPSA) is 64.3 Å². The average molecular weight is 268 g/mol. The van der Waals surface area contributed by atoms with E-state index in [1.165, 1.54) is 6.07 Å².